The monoisotopic (exact) mass is 468 g/mol. The zero-order valence-corrected chi connectivity index (χ0v) is 21.0. The first-order chi connectivity index (χ1) is 15.7. The van der Waals surface area contributed by atoms with Crippen LogP contribution in [-0.2, 0) is 15.6 Å². The Labute approximate surface area is 199 Å². The van der Waals surface area contributed by atoms with Gasteiger partial charge in [-0.1, -0.05) is 32.0 Å². The van der Waals surface area contributed by atoms with E-state index in [4.69, 9.17) is 0 Å². The van der Waals surface area contributed by atoms with Crippen molar-refractivity contribution < 1.29 is 13.4 Å². The minimum atomic E-state index is -1.03. The summed E-state index contributed by atoms with van der Waals surface area (Å²) in [7, 11) is 0.805. The summed E-state index contributed by atoms with van der Waals surface area (Å²) in [4.78, 5) is 17.9. The average Bonchev–Trinajstić information content (AvgIpc) is 3.05. The van der Waals surface area contributed by atoms with Crippen LogP contribution in [-0.4, -0.2) is 59.4 Å². The Morgan fingerprint density at radius 2 is 1.70 bits per heavy atom. The molecular formula is C27H33FN2O2S. The number of benzene rings is 2. The fourth-order valence-electron chi connectivity index (χ4n) is 4.15. The van der Waals surface area contributed by atoms with E-state index in [9.17, 15) is 13.4 Å². The van der Waals surface area contributed by atoms with E-state index in [2.05, 4.69) is 24.8 Å². The number of amides is 1. The molecule has 1 unspecified atom stereocenters. The molecule has 0 saturated carbocycles. The second kappa shape index (κ2) is 11.0. The molecule has 3 rings (SSSR count). The Hall–Kier alpha value is -2.57. The smallest absolute Gasteiger partial charge is 0.226 e. The van der Waals surface area contributed by atoms with Crippen LogP contribution in [0.4, 0.5) is 4.39 Å². The molecule has 6 heteroatoms. The molecule has 0 radical (unpaired) electrons. The maximum atomic E-state index is 14.1. The van der Waals surface area contributed by atoms with Gasteiger partial charge in [0.05, 0.1) is 6.42 Å². The molecule has 4 nitrogen and oxygen atoms in total. The molecule has 1 aliphatic carbocycles. The fraction of sp³-hybridized carbons (Fsp3) is 0.370. The number of halogens is 1. The summed E-state index contributed by atoms with van der Waals surface area (Å²) < 4.78 is 25.8. The number of hydrogen-bond acceptors (Lipinski definition) is 3. The lowest BCUT2D eigenvalue weighted by molar-refractivity contribution is -0.128. The molecule has 176 valence electrons. The van der Waals surface area contributed by atoms with Gasteiger partial charge in [0, 0.05) is 42.1 Å². The first-order valence-corrected chi connectivity index (χ1v) is 12.9. The maximum Gasteiger partial charge on any atom is 0.226 e. The standard InChI is InChI=1S/C27H33FN2O2S/c1-6-30(7-2)15-14-29(4)27(31)18-25-19(3)24(23-13-10-21(28)17-26(23)25)16-20-8-11-22(12-9-20)33(5)32/h8-13,16-17H,6-7,14-15,18H2,1-5H3/b24-16-. The molecule has 0 aromatic heterocycles. The molecule has 0 spiro atoms. The first kappa shape index (κ1) is 25.1. The van der Waals surface area contributed by atoms with Gasteiger partial charge in [0.1, 0.15) is 5.82 Å². The third-order valence-corrected chi connectivity index (χ3v) is 7.31. The minimum absolute atomic E-state index is 0.0303. The van der Waals surface area contributed by atoms with Crippen molar-refractivity contribution in [2.75, 3.05) is 39.5 Å². The highest BCUT2D eigenvalue weighted by Gasteiger charge is 2.26. The number of hydrogen-bond donors (Lipinski definition) is 0. The predicted molar refractivity (Wildman–Crippen MR) is 136 cm³/mol. The molecule has 0 heterocycles. The highest BCUT2D eigenvalue weighted by atomic mass is 32.2. The molecule has 1 aliphatic rings. The number of carbonyl (C=O) groups is 1. The lowest BCUT2D eigenvalue weighted by Crippen LogP contribution is -2.36. The van der Waals surface area contributed by atoms with Crippen molar-refractivity contribution in [3.63, 3.8) is 0 Å². The summed E-state index contributed by atoms with van der Waals surface area (Å²) >= 11 is 0. The zero-order chi connectivity index (χ0) is 24.1. The second-order valence-electron chi connectivity index (χ2n) is 8.39. The molecule has 2 aromatic carbocycles. The number of likely N-dealkylation sites (N-methyl/N-ethyl adjacent to an activating group) is 2. The van der Waals surface area contributed by atoms with Crippen LogP contribution in [0.25, 0.3) is 17.2 Å². The topological polar surface area (TPSA) is 40.6 Å². The van der Waals surface area contributed by atoms with Crippen molar-refractivity contribution in [3.05, 3.63) is 70.5 Å². The Bertz CT molecular complexity index is 1100. The quantitative estimate of drug-likeness (QED) is 0.515. The highest BCUT2D eigenvalue weighted by molar-refractivity contribution is 7.84. The molecule has 0 bridgehead atoms. The summed E-state index contributed by atoms with van der Waals surface area (Å²) in [5.41, 5.74) is 5.55. The van der Waals surface area contributed by atoms with Crippen molar-refractivity contribution >= 4 is 33.9 Å². The van der Waals surface area contributed by atoms with E-state index < -0.39 is 10.8 Å². The molecule has 0 saturated heterocycles. The molecular weight excluding hydrogens is 435 g/mol. The number of nitrogens with zero attached hydrogens (tertiary/aromatic N) is 2. The van der Waals surface area contributed by atoms with Gasteiger partial charge in [0.2, 0.25) is 5.91 Å². The fourth-order valence-corrected chi connectivity index (χ4v) is 4.67. The normalized spacial score (nSPS) is 15.3. The third kappa shape index (κ3) is 5.87. The third-order valence-electron chi connectivity index (χ3n) is 6.38. The number of fused-ring (bicyclic) bond motifs is 1. The van der Waals surface area contributed by atoms with Crippen molar-refractivity contribution in [3.8, 4) is 0 Å². The Kier molecular flexibility index (Phi) is 8.38. The minimum Gasteiger partial charge on any atom is -0.344 e. The summed E-state index contributed by atoms with van der Waals surface area (Å²) in [5.74, 6) is -0.278. The van der Waals surface area contributed by atoms with Crippen LogP contribution in [0.1, 0.15) is 43.9 Å². The molecule has 1 atom stereocenters. The lowest BCUT2D eigenvalue weighted by Gasteiger charge is -2.23. The van der Waals surface area contributed by atoms with Gasteiger partial charge in [0.25, 0.3) is 0 Å². The van der Waals surface area contributed by atoms with Crippen molar-refractivity contribution in [1.82, 2.24) is 9.80 Å². The molecule has 1 amide bonds. The van der Waals surface area contributed by atoms with Crippen LogP contribution < -0.4 is 0 Å². The van der Waals surface area contributed by atoms with Gasteiger partial charge in [-0.15, -0.1) is 0 Å². The Morgan fingerprint density at radius 3 is 2.30 bits per heavy atom. The summed E-state index contributed by atoms with van der Waals surface area (Å²) in [6.07, 6.45) is 3.95. The van der Waals surface area contributed by atoms with Crippen molar-refractivity contribution in [2.45, 2.75) is 32.1 Å². The van der Waals surface area contributed by atoms with E-state index in [1.807, 2.05) is 38.2 Å². The molecule has 2 aromatic rings. The predicted octanol–water partition coefficient (Wildman–Crippen LogP) is 5.08. The van der Waals surface area contributed by atoms with Gasteiger partial charge in [0.15, 0.2) is 0 Å². The number of carbonyl (C=O) groups excluding carboxylic acids is 1. The SMILES string of the molecule is CCN(CC)CCN(C)C(=O)CC1=C(C)/C(=C/c2ccc(S(C)=O)cc2)c2ccc(F)cc21. The first-order valence-electron chi connectivity index (χ1n) is 11.4. The molecule has 0 fully saturated rings. The van der Waals surface area contributed by atoms with Crippen molar-refractivity contribution in [1.29, 1.82) is 0 Å². The van der Waals surface area contributed by atoms with Gasteiger partial charge in [-0.3, -0.25) is 9.00 Å². The van der Waals surface area contributed by atoms with E-state index in [1.54, 1.807) is 17.2 Å². The van der Waals surface area contributed by atoms with E-state index in [0.29, 0.717) is 6.54 Å². The Morgan fingerprint density at radius 1 is 1.03 bits per heavy atom. The van der Waals surface area contributed by atoms with Crippen molar-refractivity contribution in [2.24, 2.45) is 0 Å². The van der Waals surface area contributed by atoms with Gasteiger partial charge in [-0.25, -0.2) is 4.39 Å². The van der Waals surface area contributed by atoms with Gasteiger partial charge < -0.3 is 9.80 Å². The van der Waals surface area contributed by atoms with Crippen LogP contribution in [0.2, 0.25) is 0 Å². The van der Waals surface area contributed by atoms with Crippen LogP contribution in [0, 0.1) is 5.82 Å². The van der Waals surface area contributed by atoms with E-state index in [-0.39, 0.29) is 18.1 Å². The van der Waals surface area contributed by atoms with E-state index in [1.165, 1.54) is 12.1 Å². The zero-order valence-electron chi connectivity index (χ0n) is 20.2. The van der Waals surface area contributed by atoms with E-state index in [0.717, 1.165) is 57.9 Å². The van der Waals surface area contributed by atoms with Crippen LogP contribution in [0.3, 0.4) is 0 Å². The Balaban J connectivity index is 1.89. The lowest BCUT2D eigenvalue weighted by atomic mass is 10.0. The van der Waals surface area contributed by atoms with Gasteiger partial charge in [-0.05, 0) is 83.8 Å². The van der Waals surface area contributed by atoms with Crippen LogP contribution in [0.15, 0.2) is 52.9 Å². The molecule has 0 aliphatic heterocycles. The summed E-state index contributed by atoms with van der Waals surface area (Å²) in [5, 5.41) is 0. The van der Waals surface area contributed by atoms with Gasteiger partial charge >= 0.3 is 0 Å². The maximum absolute atomic E-state index is 14.1. The second-order valence-corrected chi connectivity index (χ2v) is 9.77. The highest BCUT2D eigenvalue weighted by Crippen LogP contribution is 2.44. The van der Waals surface area contributed by atoms with Crippen LogP contribution in [0.5, 0.6) is 0 Å². The average molecular weight is 469 g/mol. The summed E-state index contributed by atoms with van der Waals surface area (Å²) in [6, 6.07) is 12.4. The van der Waals surface area contributed by atoms with E-state index >= 15 is 0 Å². The largest absolute Gasteiger partial charge is 0.344 e. The number of allylic oxidation sites excluding steroid dienone is 2. The van der Waals surface area contributed by atoms with Crippen LogP contribution >= 0.6 is 0 Å². The summed E-state index contributed by atoms with van der Waals surface area (Å²) in [6.45, 7) is 9.65. The number of rotatable bonds is 9. The molecule has 33 heavy (non-hydrogen) atoms. The molecule has 0 N–H and O–H groups in total. The van der Waals surface area contributed by atoms with Gasteiger partial charge in [-0.2, -0.15) is 0 Å².